The molecule has 0 saturated carbocycles. The van der Waals surface area contributed by atoms with Crippen molar-refractivity contribution in [3.05, 3.63) is 33.3 Å². The first-order valence-corrected chi connectivity index (χ1v) is 5.19. The highest BCUT2D eigenvalue weighted by molar-refractivity contribution is 7.99. The molecule has 1 aromatic carbocycles. The van der Waals surface area contributed by atoms with Crippen molar-refractivity contribution >= 4 is 29.1 Å². The van der Waals surface area contributed by atoms with E-state index in [0.717, 1.165) is 0 Å². The summed E-state index contributed by atoms with van der Waals surface area (Å²) in [4.78, 5) is 10.6. The average molecular weight is 234 g/mol. The molecule has 0 aliphatic heterocycles. The topological polar surface area (TPSA) is 63.4 Å². The summed E-state index contributed by atoms with van der Waals surface area (Å²) in [7, 11) is 0. The maximum absolute atomic E-state index is 10.6. The summed E-state index contributed by atoms with van der Waals surface area (Å²) in [6.07, 6.45) is 0. The van der Waals surface area contributed by atoms with Gasteiger partial charge in [0.05, 0.1) is 16.4 Å². The largest absolute Gasteiger partial charge is 0.396 e. The first-order valence-electron chi connectivity index (χ1n) is 3.82. The molecule has 4 nitrogen and oxygen atoms in total. The molecule has 0 saturated heterocycles. The molecule has 0 fully saturated rings. The fourth-order valence-electron chi connectivity index (χ4n) is 0.910. The van der Waals surface area contributed by atoms with Crippen molar-refractivity contribution in [3.8, 4) is 0 Å². The maximum atomic E-state index is 10.6. The van der Waals surface area contributed by atoms with E-state index in [9.17, 15) is 10.1 Å². The Kier molecular flexibility index (Phi) is 4.19. The average Bonchev–Trinajstić information content (AvgIpc) is 2.14. The summed E-state index contributed by atoms with van der Waals surface area (Å²) in [5.74, 6) is 0.418. The number of rotatable bonds is 4. The van der Waals surface area contributed by atoms with E-state index in [2.05, 4.69) is 0 Å². The molecule has 6 heteroatoms. The highest BCUT2D eigenvalue weighted by Gasteiger charge is 2.13. The lowest BCUT2D eigenvalue weighted by molar-refractivity contribution is -0.387. The minimum Gasteiger partial charge on any atom is -0.396 e. The fraction of sp³-hybridized carbons (Fsp3) is 0.250. The van der Waals surface area contributed by atoms with Crippen molar-refractivity contribution in [3.63, 3.8) is 0 Å². The van der Waals surface area contributed by atoms with Crippen LogP contribution in [0.1, 0.15) is 0 Å². The van der Waals surface area contributed by atoms with Crippen molar-refractivity contribution in [1.29, 1.82) is 0 Å². The van der Waals surface area contributed by atoms with E-state index in [1.165, 1.54) is 30.0 Å². The molecule has 0 atom stereocenters. The molecule has 14 heavy (non-hydrogen) atoms. The Morgan fingerprint density at radius 1 is 1.57 bits per heavy atom. The van der Waals surface area contributed by atoms with Crippen molar-refractivity contribution in [2.75, 3.05) is 12.4 Å². The van der Waals surface area contributed by atoms with Crippen molar-refractivity contribution < 1.29 is 10.0 Å². The second-order valence-corrected chi connectivity index (χ2v) is 4.01. The van der Waals surface area contributed by atoms with Crippen molar-refractivity contribution in [2.45, 2.75) is 4.90 Å². The Labute approximate surface area is 90.0 Å². The molecule has 1 aromatic rings. The molecular formula is C8H8ClNO3S. The number of aliphatic hydroxyl groups is 1. The Balaban J connectivity index is 2.97. The lowest BCUT2D eigenvalue weighted by atomic mass is 10.3. The number of nitrogens with zero attached hydrogens (tertiary/aromatic N) is 1. The van der Waals surface area contributed by atoms with Crippen LogP contribution in [0.5, 0.6) is 0 Å². The van der Waals surface area contributed by atoms with Crippen LogP contribution < -0.4 is 0 Å². The fourth-order valence-corrected chi connectivity index (χ4v) is 1.96. The second kappa shape index (κ2) is 5.19. The van der Waals surface area contributed by atoms with Gasteiger partial charge in [0.25, 0.3) is 5.69 Å². The first-order chi connectivity index (χ1) is 6.65. The molecular weight excluding hydrogens is 226 g/mol. The van der Waals surface area contributed by atoms with E-state index < -0.39 is 4.92 Å². The number of aliphatic hydroxyl groups excluding tert-OH is 1. The van der Waals surface area contributed by atoms with Gasteiger partial charge in [0, 0.05) is 16.8 Å². The van der Waals surface area contributed by atoms with Crippen LogP contribution in [0.2, 0.25) is 5.02 Å². The van der Waals surface area contributed by atoms with Gasteiger partial charge in [0.1, 0.15) is 0 Å². The van der Waals surface area contributed by atoms with Gasteiger partial charge >= 0.3 is 0 Å². The molecule has 1 rings (SSSR count). The van der Waals surface area contributed by atoms with E-state index in [0.29, 0.717) is 15.7 Å². The SMILES string of the molecule is O=[N+]([O-])c1ccc(Cl)cc1SCCO. The van der Waals surface area contributed by atoms with Crippen LogP contribution in [-0.2, 0) is 0 Å². The lowest BCUT2D eigenvalue weighted by Crippen LogP contribution is -1.92. The molecule has 0 aliphatic rings. The number of benzene rings is 1. The molecule has 76 valence electrons. The predicted octanol–water partition coefficient (Wildman–Crippen LogP) is 2.33. The van der Waals surface area contributed by atoms with Gasteiger partial charge in [0.2, 0.25) is 0 Å². The number of hydrogen-bond acceptors (Lipinski definition) is 4. The normalized spacial score (nSPS) is 10.1. The second-order valence-electron chi connectivity index (χ2n) is 2.44. The zero-order valence-electron chi connectivity index (χ0n) is 7.14. The summed E-state index contributed by atoms with van der Waals surface area (Å²) in [6, 6.07) is 4.37. The zero-order chi connectivity index (χ0) is 10.6. The van der Waals surface area contributed by atoms with E-state index in [4.69, 9.17) is 16.7 Å². The zero-order valence-corrected chi connectivity index (χ0v) is 8.72. The van der Waals surface area contributed by atoms with Crippen LogP contribution in [0.25, 0.3) is 0 Å². The number of thioether (sulfide) groups is 1. The Bertz CT molecular complexity index is 345. The monoisotopic (exact) mass is 233 g/mol. The van der Waals surface area contributed by atoms with Crippen LogP contribution in [0, 0.1) is 10.1 Å². The molecule has 0 spiro atoms. The van der Waals surface area contributed by atoms with E-state index in [-0.39, 0.29) is 12.3 Å². The third-order valence-corrected chi connectivity index (χ3v) is 2.73. The molecule has 0 bridgehead atoms. The smallest absolute Gasteiger partial charge is 0.282 e. The molecule has 0 aromatic heterocycles. The molecule has 0 heterocycles. The van der Waals surface area contributed by atoms with Gasteiger partial charge in [-0.05, 0) is 12.1 Å². The third-order valence-electron chi connectivity index (χ3n) is 1.47. The minimum absolute atomic E-state index is 0.0195. The summed E-state index contributed by atoms with van der Waals surface area (Å²) in [5, 5.41) is 19.6. The van der Waals surface area contributed by atoms with Gasteiger partial charge in [-0.1, -0.05) is 11.6 Å². The molecule has 0 unspecified atom stereocenters. The van der Waals surface area contributed by atoms with E-state index >= 15 is 0 Å². The minimum atomic E-state index is -0.462. The molecule has 0 radical (unpaired) electrons. The molecule has 0 aliphatic carbocycles. The van der Waals surface area contributed by atoms with E-state index in [1.807, 2.05) is 0 Å². The van der Waals surface area contributed by atoms with Gasteiger partial charge in [-0.2, -0.15) is 0 Å². The van der Waals surface area contributed by atoms with Crippen molar-refractivity contribution in [2.24, 2.45) is 0 Å². The number of nitro groups is 1. The number of halogens is 1. The summed E-state index contributed by atoms with van der Waals surface area (Å²) in [5.41, 5.74) is 0.0212. The Hall–Kier alpha value is -0.780. The van der Waals surface area contributed by atoms with Crippen molar-refractivity contribution in [1.82, 2.24) is 0 Å². The van der Waals surface area contributed by atoms with Crippen LogP contribution in [-0.4, -0.2) is 22.4 Å². The summed E-state index contributed by atoms with van der Waals surface area (Å²) < 4.78 is 0. The quantitative estimate of drug-likeness (QED) is 0.493. The lowest BCUT2D eigenvalue weighted by Gasteiger charge is -2.01. The molecule has 1 N–H and O–H groups in total. The van der Waals surface area contributed by atoms with Crippen LogP contribution in [0.4, 0.5) is 5.69 Å². The van der Waals surface area contributed by atoms with Gasteiger partial charge in [0.15, 0.2) is 0 Å². The number of hydrogen-bond donors (Lipinski definition) is 1. The predicted molar refractivity (Wildman–Crippen MR) is 55.9 cm³/mol. The van der Waals surface area contributed by atoms with Gasteiger partial charge in [-0.3, -0.25) is 10.1 Å². The Morgan fingerprint density at radius 2 is 2.29 bits per heavy atom. The Morgan fingerprint density at radius 3 is 2.86 bits per heavy atom. The summed E-state index contributed by atoms with van der Waals surface area (Å²) in [6.45, 7) is -0.0195. The highest BCUT2D eigenvalue weighted by atomic mass is 35.5. The van der Waals surface area contributed by atoms with Gasteiger partial charge in [-0.15, -0.1) is 11.8 Å². The van der Waals surface area contributed by atoms with Gasteiger partial charge < -0.3 is 5.11 Å². The standard InChI is InChI=1S/C8H8ClNO3S/c9-6-1-2-7(10(12)13)8(5-6)14-4-3-11/h1-2,5,11H,3-4H2. The van der Waals surface area contributed by atoms with Crippen LogP contribution in [0.15, 0.2) is 23.1 Å². The molecule has 0 amide bonds. The first kappa shape index (κ1) is 11.3. The van der Waals surface area contributed by atoms with Crippen LogP contribution in [0.3, 0.4) is 0 Å². The summed E-state index contributed by atoms with van der Waals surface area (Å²) >= 11 is 6.92. The highest BCUT2D eigenvalue weighted by Crippen LogP contribution is 2.31. The van der Waals surface area contributed by atoms with E-state index in [1.54, 1.807) is 0 Å². The number of nitro benzene ring substituents is 1. The van der Waals surface area contributed by atoms with Gasteiger partial charge in [-0.25, -0.2) is 0 Å². The maximum Gasteiger partial charge on any atom is 0.282 e. The third kappa shape index (κ3) is 2.87. The van der Waals surface area contributed by atoms with Crippen LogP contribution >= 0.6 is 23.4 Å².